The van der Waals surface area contributed by atoms with E-state index in [4.69, 9.17) is 14.2 Å². The number of hydrogen-bond acceptors (Lipinski definition) is 7. The zero-order chi connectivity index (χ0) is 34.3. The molecule has 2 atom stereocenters. The van der Waals surface area contributed by atoms with Gasteiger partial charge in [0.15, 0.2) is 6.10 Å². The van der Waals surface area contributed by atoms with Crippen molar-refractivity contribution in [3.05, 3.63) is 48.6 Å². The SMILES string of the molecule is CC/C=C/C/C=C/C/C=C/CCCCCCC(=O)OC(COCCC(C(=O)[O-])[N+](C)(C)C)COC(=O)CC/C=C/CCCCCC. The molecule has 0 N–H and O–H groups in total. The van der Waals surface area contributed by atoms with Crippen molar-refractivity contribution in [3.63, 3.8) is 0 Å². The summed E-state index contributed by atoms with van der Waals surface area (Å²) in [6, 6.07) is -0.733. The zero-order valence-corrected chi connectivity index (χ0v) is 29.7. The Balaban J connectivity index is 4.53. The normalized spacial score (nSPS) is 13.7. The number of esters is 2. The van der Waals surface area contributed by atoms with Gasteiger partial charge in [-0.1, -0.05) is 94.6 Å². The lowest BCUT2D eigenvalue weighted by atomic mass is 10.1. The number of likely N-dealkylation sites (N-methyl/N-ethyl adjacent to an activating group) is 1. The van der Waals surface area contributed by atoms with E-state index >= 15 is 0 Å². The first kappa shape index (κ1) is 43.3. The Kier molecular flexibility index (Phi) is 27.9. The Labute approximate surface area is 280 Å². The van der Waals surface area contributed by atoms with Crippen molar-refractivity contribution >= 4 is 17.9 Å². The number of unbranched alkanes of at least 4 members (excludes halogenated alkanes) is 8. The average molecular weight is 648 g/mol. The van der Waals surface area contributed by atoms with Crippen LogP contribution < -0.4 is 5.11 Å². The maximum atomic E-state index is 12.6. The maximum absolute atomic E-state index is 12.6. The Hall–Kier alpha value is -2.71. The average Bonchev–Trinajstić information content (AvgIpc) is 3.00. The van der Waals surface area contributed by atoms with Crippen LogP contribution >= 0.6 is 0 Å². The number of hydrogen-bond donors (Lipinski definition) is 0. The molecular weight excluding hydrogens is 582 g/mol. The van der Waals surface area contributed by atoms with Gasteiger partial charge in [-0.2, -0.15) is 0 Å². The van der Waals surface area contributed by atoms with Gasteiger partial charge in [0, 0.05) is 19.3 Å². The van der Waals surface area contributed by atoms with Crippen LogP contribution in [0, 0.1) is 0 Å². The van der Waals surface area contributed by atoms with Crippen LogP contribution in [0.15, 0.2) is 48.6 Å². The van der Waals surface area contributed by atoms with Gasteiger partial charge in [-0.3, -0.25) is 9.59 Å². The first-order valence-electron chi connectivity index (χ1n) is 17.7. The predicted molar refractivity (Wildman–Crippen MR) is 185 cm³/mol. The number of carbonyl (C=O) groups excluding carboxylic acids is 3. The lowest BCUT2D eigenvalue weighted by Crippen LogP contribution is -2.55. The zero-order valence-electron chi connectivity index (χ0n) is 29.7. The van der Waals surface area contributed by atoms with E-state index in [0.29, 0.717) is 6.42 Å². The molecule has 0 amide bonds. The Morgan fingerprint density at radius 2 is 1.26 bits per heavy atom. The maximum Gasteiger partial charge on any atom is 0.306 e. The molecule has 0 rings (SSSR count). The molecular formula is C38H65NO7. The molecule has 0 aliphatic heterocycles. The molecule has 46 heavy (non-hydrogen) atoms. The molecule has 0 bridgehead atoms. The van der Waals surface area contributed by atoms with Gasteiger partial charge in [-0.15, -0.1) is 0 Å². The highest BCUT2D eigenvalue weighted by atomic mass is 16.6. The van der Waals surface area contributed by atoms with Crippen LogP contribution in [0.5, 0.6) is 0 Å². The Morgan fingerprint density at radius 1 is 0.674 bits per heavy atom. The second-order valence-electron chi connectivity index (χ2n) is 12.7. The number of nitrogens with zero attached hydrogens (tertiary/aromatic N) is 1. The van der Waals surface area contributed by atoms with Gasteiger partial charge in [-0.25, -0.2) is 0 Å². The van der Waals surface area contributed by atoms with Gasteiger partial charge < -0.3 is 28.6 Å². The van der Waals surface area contributed by atoms with Crippen molar-refractivity contribution in [2.24, 2.45) is 0 Å². The van der Waals surface area contributed by atoms with Crippen molar-refractivity contribution in [2.75, 3.05) is 41.0 Å². The van der Waals surface area contributed by atoms with E-state index in [-0.39, 0.29) is 55.5 Å². The summed E-state index contributed by atoms with van der Waals surface area (Å²) in [6.07, 6.45) is 31.6. The largest absolute Gasteiger partial charge is 0.544 e. The van der Waals surface area contributed by atoms with E-state index in [2.05, 4.69) is 56.4 Å². The molecule has 8 nitrogen and oxygen atoms in total. The van der Waals surface area contributed by atoms with Crippen LogP contribution in [-0.4, -0.2) is 75.5 Å². The van der Waals surface area contributed by atoms with Gasteiger partial charge in [0.05, 0.1) is 40.3 Å². The lowest BCUT2D eigenvalue weighted by Gasteiger charge is -2.34. The first-order valence-corrected chi connectivity index (χ1v) is 17.7. The number of carbonyl (C=O) groups is 3. The highest BCUT2D eigenvalue weighted by Gasteiger charge is 2.25. The number of ether oxygens (including phenoxy) is 3. The van der Waals surface area contributed by atoms with Crippen LogP contribution in [-0.2, 0) is 28.6 Å². The minimum atomic E-state index is -1.14. The summed E-state index contributed by atoms with van der Waals surface area (Å²) >= 11 is 0. The molecule has 0 heterocycles. The van der Waals surface area contributed by atoms with Crippen molar-refractivity contribution in [1.82, 2.24) is 0 Å². The third kappa shape index (κ3) is 27.6. The molecule has 0 aromatic heterocycles. The smallest absolute Gasteiger partial charge is 0.306 e. The molecule has 0 aliphatic carbocycles. The van der Waals surface area contributed by atoms with E-state index in [1.807, 2.05) is 6.08 Å². The second-order valence-corrected chi connectivity index (χ2v) is 12.7. The summed E-state index contributed by atoms with van der Waals surface area (Å²) in [4.78, 5) is 36.4. The van der Waals surface area contributed by atoms with E-state index < -0.39 is 18.1 Å². The van der Waals surface area contributed by atoms with E-state index in [0.717, 1.165) is 64.2 Å². The van der Waals surface area contributed by atoms with Gasteiger partial charge in [0.1, 0.15) is 12.6 Å². The number of quaternary nitrogens is 1. The van der Waals surface area contributed by atoms with Crippen LogP contribution in [0.4, 0.5) is 0 Å². The standard InChI is InChI=1S/C38H65NO7/c1-6-8-10-12-14-16-17-18-19-20-21-23-25-27-29-37(41)46-34(32-44-31-30-35(38(42)43)39(3,4)5)33-45-36(40)28-26-24-22-15-13-11-9-7-2/h8,10,14,16,18-19,22,24,34-35H,6-7,9,11-13,15,17,20-21,23,25-33H2,1-5H3/b10-8+,16-14+,19-18+,24-22+. The summed E-state index contributed by atoms with van der Waals surface area (Å²) in [5, 5.41) is 11.5. The van der Waals surface area contributed by atoms with Gasteiger partial charge in [0.25, 0.3) is 0 Å². The fourth-order valence-corrected chi connectivity index (χ4v) is 4.69. The van der Waals surface area contributed by atoms with E-state index in [1.54, 1.807) is 21.1 Å². The second kappa shape index (κ2) is 29.7. The van der Waals surface area contributed by atoms with Crippen LogP contribution in [0.2, 0.25) is 0 Å². The van der Waals surface area contributed by atoms with Gasteiger partial charge >= 0.3 is 11.9 Å². The van der Waals surface area contributed by atoms with Gasteiger partial charge in [0.2, 0.25) is 0 Å². The molecule has 0 saturated carbocycles. The van der Waals surface area contributed by atoms with Crippen LogP contribution in [0.1, 0.15) is 123 Å². The molecule has 0 aromatic rings. The monoisotopic (exact) mass is 647 g/mol. The molecule has 2 unspecified atom stereocenters. The molecule has 8 heteroatoms. The Bertz CT molecular complexity index is 901. The summed E-state index contributed by atoms with van der Waals surface area (Å²) in [5.41, 5.74) is 0. The number of rotatable bonds is 30. The summed E-state index contributed by atoms with van der Waals surface area (Å²) in [5.74, 6) is -1.84. The Morgan fingerprint density at radius 3 is 1.89 bits per heavy atom. The first-order chi connectivity index (χ1) is 22.1. The van der Waals surface area contributed by atoms with Crippen molar-refractivity contribution in [2.45, 2.75) is 135 Å². The number of allylic oxidation sites excluding steroid dienone is 8. The van der Waals surface area contributed by atoms with E-state index in [9.17, 15) is 19.5 Å². The molecule has 0 radical (unpaired) electrons. The fourth-order valence-electron chi connectivity index (χ4n) is 4.69. The van der Waals surface area contributed by atoms with Crippen molar-refractivity contribution in [1.29, 1.82) is 0 Å². The van der Waals surface area contributed by atoms with Crippen LogP contribution in [0.25, 0.3) is 0 Å². The third-order valence-electron chi connectivity index (χ3n) is 7.46. The van der Waals surface area contributed by atoms with Crippen LogP contribution in [0.3, 0.4) is 0 Å². The molecule has 0 spiro atoms. The fraction of sp³-hybridized carbons (Fsp3) is 0.711. The summed E-state index contributed by atoms with van der Waals surface area (Å²) in [6.45, 7) is 4.40. The molecule has 0 fully saturated rings. The molecule has 264 valence electrons. The minimum absolute atomic E-state index is 0.0184. The van der Waals surface area contributed by atoms with E-state index in [1.165, 1.54) is 19.3 Å². The summed E-state index contributed by atoms with van der Waals surface area (Å²) < 4.78 is 16.9. The highest BCUT2D eigenvalue weighted by Crippen LogP contribution is 2.11. The molecule has 0 aromatic carbocycles. The molecule has 0 aliphatic rings. The quantitative estimate of drug-likeness (QED) is 0.0352. The number of carboxylic acids is 1. The predicted octanol–water partition coefficient (Wildman–Crippen LogP) is 7.18. The summed E-state index contributed by atoms with van der Waals surface area (Å²) in [7, 11) is 5.36. The minimum Gasteiger partial charge on any atom is -0.544 e. The molecule has 0 saturated heterocycles. The highest BCUT2D eigenvalue weighted by molar-refractivity contribution is 5.70. The topological polar surface area (TPSA) is 102 Å². The number of aliphatic carboxylic acids is 1. The third-order valence-corrected chi connectivity index (χ3v) is 7.46. The lowest BCUT2D eigenvalue weighted by molar-refractivity contribution is -0.889. The van der Waals surface area contributed by atoms with Crippen molar-refractivity contribution in [3.8, 4) is 0 Å². The number of carboxylic acid groups (broad SMARTS) is 1. The van der Waals surface area contributed by atoms with Crippen molar-refractivity contribution < 1.29 is 38.2 Å². The van der Waals surface area contributed by atoms with Gasteiger partial charge in [-0.05, 0) is 57.8 Å².